The number of nitrogens with one attached hydrogen (secondary N) is 2. The molecule has 0 spiro atoms. The van der Waals surface area contributed by atoms with Gasteiger partial charge in [0.2, 0.25) is 0 Å². The zero-order valence-corrected chi connectivity index (χ0v) is 11.7. The summed E-state index contributed by atoms with van der Waals surface area (Å²) < 4.78 is 1.87. The van der Waals surface area contributed by atoms with Crippen LogP contribution in [0.4, 0.5) is 0 Å². The lowest BCUT2D eigenvalue weighted by molar-refractivity contribution is 0.346. The van der Waals surface area contributed by atoms with Crippen LogP contribution in [-0.4, -0.2) is 35.0 Å². The molecule has 0 amide bonds. The highest BCUT2D eigenvalue weighted by atomic mass is 15.2. The molecule has 1 aliphatic rings. The second-order valence-corrected chi connectivity index (χ2v) is 5.51. The first-order chi connectivity index (χ1) is 8.74. The fourth-order valence-electron chi connectivity index (χ4n) is 2.70. The highest BCUT2D eigenvalue weighted by Gasteiger charge is 2.15. The lowest BCUT2D eigenvalue weighted by atomic mass is 9.99. The van der Waals surface area contributed by atoms with Gasteiger partial charge in [0.15, 0.2) is 0 Å². The number of hydrogen-bond acceptors (Lipinski definition) is 3. The molecule has 1 aromatic heterocycles. The molecule has 0 aliphatic carbocycles. The van der Waals surface area contributed by atoms with E-state index in [9.17, 15) is 0 Å². The van der Waals surface area contributed by atoms with E-state index < -0.39 is 0 Å². The van der Waals surface area contributed by atoms with Crippen LogP contribution in [0.25, 0.3) is 0 Å². The number of hydrogen-bond donors (Lipinski definition) is 2. The molecule has 18 heavy (non-hydrogen) atoms. The van der Waals surface area contributed by atoms with Crippen molar-refractivity contribution in [1.29, 1.82) is 0 Å². The predicted molar refractivity (Wildman–Crippen MR) is 74.6 cm³/mol. The molecule has 1 aliphatic heterocycles. The zero-order valence-electron chi connectivity index (χ0n) is 11.7. The molecule has 2 rings (SSSR count). The highest BCUT2D eigenvalue weighted by Crippen LogP contribution is 2.11. The van der Waals surface area contributed by atoms with Gasteiger partial charge in [-0.05, 0) is 51.3 Å². The highest BCUT2D eigenvalue weighted by molar-refractivity contribution is 5.03. The first-order valence-electron chi connectivity index (χ1n) is 7.18. The lowest BCUT2D eigenvalue weighted by Gasteiger charge is -2.26. The molecule has 1 saturated heterocycles. The van der Waals surface area contributed by atoms with Gasteiger partial charge in [0.05, 0.1) is 6.20 Å². The van der Waals surface area contributed by atoms with E-state index in [0.29, 0.717) is 6.04 Å². The topological polar surface area (TPSA) is 41.9 Å². The minimum absolute atomic E-state index is 0.595. The fourth-order valence-corrected chi connectivity index (χ4v) is 2.70. The third kappa shape index (κ3) is 4.42. The molecule has 2 heterocycles. The van der Waals surface area contributed by atoms with E-state index in [-0.39, 0.29) is 0 Å². The average molecular weight is 250 g/mol. The summed E-state index contributed by atoms with van der Waals surface area (Å²) in [5, 5.41) is 11.4. The van der Waals surface area contributed by atoms with Crippen LogP contribution in [-0.2, 0) is 13.5 Å². The Hall–Kier alpha value is -0.870. The van der Waals surface area contributed by atoms with Crippen LogP contribution >= 0.6 is 0 Å². The molecule has 2 N–H and O–H groups in total. The van der Waals surface area contributed by atoms with Crippen LogP contribution in [0.5, 0.6) is 0 Å². The van der Waals surface area contributed by atoms with Gasteiger partial charge in [-0.25, -0.2) is 0 Å². The number of piperidine rings is 1. The molecule has 0 saturated carbocycles. The second-order valence-electron chi connectivity index (χ2n) is 5.51. The first kappa shape index (κ1) is 13.6. The molecular formula is C14H26N4. The number of rotatable bonds is 6. The molecule has 1 aromatic rings. The average Bonchev–Trinajstić information content (AvgIpc) is 2.76. The fraction of sp³-hybridized carbons (Fsp3) is 0.786. The molecule has 0 radical (unpaired) electrons. The number of nitrogens with zero attached hydrogens (tertiary/aromatic N) is 2. The summed E-state index contributed by atoms with van der Waals surface area (Å²) in [5.74, 6) is 0. The first-order valence-corrected chi connectivity index (χ1v) is 7.18. The minimum Gasteiger partial charge on any atom is -0.314 e. The van der Waals surface area contributed by atoms with Crippen LogP contribution < -0.4 is 10.6 Å². The Morgan fingerprint density at radius 3 is 3.11 bits per heavy atom. The van der Waals surface area contributed by atoms with Crippen molar-refractivity contribution in [1.82, 2.24) is 20.4 Å². The summed E-state index contributed by atoms with van der Waals surface area (Å²) in [4.78, 5) is 0. The van der Waals surface area contributed by atoms with Crippen molar-refractivity contribution in [3.05, 3.63) is 18.0 Å². The predicted octanol–water partition coefficient (Wildman–Crippen LogP) is 1.47. The summed E-state index contributed by atoms with van der Waals surface area (Å²) >= 11 is 0. The van der Waals surface area contributed by atoms with Crippen molar-refractivity contribution in [2.24, 2.45) is 7.05 Å². The van der Waals surface area contributed by atoms with Gasteiger partial charge in [0, 0.05) is 25.3 Å². The van der Waals surface area contributed by atoms with Gasteiger partial charge in [-0.3, -0.25) is 4.68 Å². The van der Waals surface area contributed by atoms with Gasteiger partial charge in [0.1, 0.15) is 0 Å². The number of aryl methyl sites for hydroxylation is 1. The Labute approximate surface area is 110 Å². The van der Waals surface area contributed by atoms with Crippen LogP contribution in [0.1, 0.15) is 38.2 Å². The van der Waals surface area contributed by atoms with E-state index in [2.05, 4.69) is 28.9 Å². The van der Waals surface area contributed by atoms with Gasteiger partial charge in [0.25, 0.3) is 0 Å². The van der Waals surface area contributed by atoms with E-state index in [1.54, 1.807) is 0 Å². The van der Waals surface area contributed by atoms with Crippen molar-refractivity contribution >= 4 is 0 Å². The molecule has 102 valence electrons. The molecule has 0 bridgehead atoms. The molecule has 2 atom stereocenters. The van der Waals surface area contributed by atoms with Crippen molar-refractivity contribution in [2.45, 2.75) is 51.1 Å². The van der Waals surface area contributed by atoms with Crippen molar-refractivity contribution in [2.75, 3.05) is 13.1 Å². The maximum atomic E-state index is 4.19. The second kappa shape index (κ2) is 6.90. The van der Waals surface area contributed by atoms with Crippen LogP contribution in [0.3, 0.4) is 0 Å². The van der Waals surface area contributed by atoms with E-state index in [1.165, 1.54) is 37.8 Å². The standard InChI is InChI=1S/C14H26N4/c1-12(9-14-5-3-4-7-16-14)15-8-6-13-10-17-18(2)11-13/h10-12,14-16H,3-9H2,1-2H3. The Bertz CT molecular complexity index is 341. The summed E-state index contributed by atoms with van der Waals surface area (Å²) in [7, 11) is 1.97. The molecule has 4 heteroatoms. The van der Waals surface area contributed by atoms with E-state index >= 15 is 0 Å². The quantitative estimate of drug-likeness (QED) is 0.803. The van der Waals surface area contributed by atoms with Crippen molar-refractivity contribution in [3.63, 3.8) is 0 Å². The van der Waals surface area contributed by atoms with Crippen molar-refractivity contribution in [3.8, 4) is 0 Å². The SMILES string of the molecule is CC(CC1CCCCN1)NCCc1cnn(C)c1. The van der Waals surface area contributed by atoms with Crippen LogP contribution in [0.15, 0.2) is 12.4 Å². The lowest BCUT2D eigenvalue weighted by Crippen LogP contribution is -2.40. The van der Waals surface area contributed by atoms with E-state index in [4.69, 9.17) is 0 Å². The van der Waals surface area contributed by atoms with Crippen LogP contribution in [0.2, 0.25) is 0 Å². The smallest absolute Gasteiger partial charge is 0.0522 e. The van der Waals surface area contributed by atoms with Gasteiger partial charge in [-0.1, -0.05) is 6.42 Å². The molecular weight excluding hydrogens is 224 g/mol. The summed E-state index contributed by atoms with van der Waals surface area (Å²) in [5.41, 5.74) is 1.31. The normalized spacial score (nSPS) is 22.0. The van der Waals surface area contributed by atoms with Gasteiger partial charge in [-0.2, -0.15) is 5.10 Å². The number of aromatic nitrogens is 2. The maximum Gasteiger partial charge on any atom is 0.0522 e. The minimum atomic E-state index is 0.595. The van der Waals surface area contributed by atoms with Gasteiger partial charge >= 0.3 is 0 Å². The van der Waals surface area contributed by atoms with Crippen LogP contribution in [0, 0.1) is 0 Å². The van der Waals surface area contributed by atoms with Crippen molar-refractivity contribution < 1.29 is 0 Å². The van der Waals surface area contributed by atoms with E-state index in [0.717, 1.165) is 19.0 Å². The molecule has 1 fully saturated rings. The van der Waals surface area contributed by atoms with E-state index in [1.807, 2.05) is 17.9 Å². The maximum absolute atomic E-state index is 4.19. The Morgan fingerprint density at radius 2 is 2.44 bits per heavy atom. The third-order valence-corrected chi connectivity index (χ3v) is 3.72. The molecule has 4 nitrogen and oxygen atoms in total. The largest absolute Gasteiger partial charge is 0.314 e. The Morgan fingerprint density at radius 1 is 1.56 bits per heavy atom. The molecule has 0 aromatic carbocycles. The Kier molecular flexibility index (Phi) is 5.20. The molecule has 2 unspecified atom stereocenters. The van der Waals surface area contributed by atoms with Gasteiger partial charge < -0.3 is 10.6 Å². The Balaban J connectivity index is 1.60. The van der Waals surface area contributed by atoms with Gasteiger partial charge in [-0.15, -0.1) is 0 Å². The summed E-state index contributed by atoms with van der Waals surface area (Å²) in [6.45, 7) is 4.53. The zero-order chi connectivity index (χ0) is 12.8. The summed E-state index contributed by atoms with van der Waals surface area (Å²) in [6.07, 6.45) is 10.4. The third-order valence-electron chi connectivity index (χ3n) is 3.72. The monoisotopic (exact) mass is 250 g/mol. The summed E-state index contributed by atoms with van der Waals surface area (Å²) in [6, 6.07) is 1.32.